The second-order valence-electron chi connectivity index (χ2n) is 5.36. The standard InChI is InChI=1S/C14H28O.C3H8.C2H6/c1-4-6-8-9-10-12-14(13(3)15)11-7-5-2;1-3-2;1-2/h14H,4-12H2,1-3H3;3H2,1-2H3;1-2H3. The van der Waals surface area contributed by atoms with Gasteiger partial charge in [0.05, 0.1) is 0 Å². The van der Waals surface area contributed by atoms with Gasteiger partial charge in [-0.25, -0.2) is 0 Å². The van der Waals surface area contributed by atoms with Crippen LogP contribution in [0.1, 0.15) is 113 Å². The van der Waals surface area contributed by atoms with Crippen molar-refractivity contribution >= 4 is 5.78 Å². The molecule has 0 aliphatic heterocycles. The fraction of sp³-hybridized carbons (Fsp3) is 0.947. The van der Waals surface area contributed by atoms with Gasteiger partial charge in [-0.1, -0.05) is 92.9 Å². The second kappa shape index (κ2) is 23.7. The Labute approximate surface area is 129 Å². The van der Waals surface area contributed by atoms with Gasteiger partial charge >= 0.3 is 0 Å². The minimum atomic E-state index is 0.353. The Morgan fingerprint density at radius 2 is 1.15 bits per heavy atom. The molecule has 1 atom stereocenters. The highest BCUT2D eigenvalue weighted by Crippen LogP contribution is 2.18. The lowest BCUT2D eigenvalue weighted by Crippen LogP contribution is -2.10. The van der Waals surface area contributed by atoms with Crippen molar-refractivity contribution in [2.75, 3.05) is 0 Å². The van der Waals surface area contributed by atoms with Crippen LogP contribution in [-0.2, 0) is 4.79 Å². The molecule has 0 aromatic heterocycles. The summed E-state index contributed by atoms with van der Waals surface area (Å²) in [6, 6.07) is 0. The SMILES string of the molecule is CC.CCC.CCCCCCCC(CCCC)C(C)=O. The smallest absolute Gasteiger partial charge is 0.132 e. The largest absolute Gasteiger partial charge is 0.300 e. The Morgan fingerprint density at radius 3 is 1.55 bits per heavy atom. The van der Waals surface area contributed by atoms with E-state index in [2.05, 4.69) is 27.7 Å². The van der Waals surface area contributed by atoms with Gasteiger partial charge in [0.25, 0.3) is 0 Å². The number of hydrogen-bond donors (Lipinski definition) is 0. The maximum absolute atomic E-state index is 11.4. The molecule has 0 aliphatic carbocycles. The molecule has 1 unspecified atom stereocenters. The van der Waals surface area contributed by atoms with Crippen LogP contribution in [0.4, 0.5) is 0 Å². The predicted molar refractivity (Wildman–Crippen MR) is 94.4 cm³/mol. The molecule has 0 bridgehead atoms. The summed E-state index contributed by atoms with van der Waals surface area (Å²) in [6.07, 6.45) is 12.4. The molecule has 0 spiro atoms. The zero-order valence-corrected chi connectivity index (χ0v) is 15.6. The van der Waals surface area contributed by atoms with Crippen LogP contribution in [0.5, 0.6) is 0 Å². The van der Waals surface area contributed by atoms with Gasteiger partial charge < -0.3 is 0 Å². The summed E-state index contributed by atoms with van der Waals surface area (Å²) in [7, 11) is 0. The third-order valence-electron chi connectivity index (χ3n) is 3.14. The van der Waals surface area contributed by atoms with E-state index in [1.165, 1.54) is 51.4 Å². The molecule has 124 valence electrons. The van der Waals surface area contributed by atoms with E-state index in [0.29, 0.717) is 11.7 Å². The Hall–Kier alpha value is -0.330. The van der Waals surface area contributed by atoms with Gasteiger partial charge in [0, 0.05) is 5.92 Å². The van der Waals surface area contributed by atoms with Crippen molar-refractivity contribution in [1.82, 2.24) is 0 Å². The van der Waals surface area contributed by atoms with Gasteiger partial charge in [-0.3, -0.25) is 4.79 Å². The number of Topliss-reactive ketones (excluding diaryl/α,β-unsaturated/α-hetero) is 1. The first-order chi connectivity index (χ1) is 9.63. The minimum absolute atomic E-state index is 0.353. The number of rotatable bonds is 10. The van der Waals surface area contributed by atoms with Crippen LogP contribution in [0, 0.1) is 5.92 Å². The Kier molecular flexibility index (Phi) is 29.3. The fourth-order valence-electron chi connectivity index (χ4n) is 2.00. The number of ketones is 1. The average molecular weight is 287 g/mol. The quantitative estimate of drug-likeness (QED) is 0.388. The summed E-state index contributed by atoms with van der Waals surface area (Å²) >= 11 is 0. The van der Waals surface area contributed by atoms with E-state index in [9.17, 15) is 4.79 Å². The van der Waals surface area contributed by atoms with Crippen molar-refractivity contribution in [3.05, 3.63) is 0 Å². The van der Waals surface area contributed by atoms with Crippen molar-refractivity contribution in [1.29, 1.82) is 0 Å². The molecule has 0 saturated heterocycles. The van der Waals surface area contributed by atoms with E-state index < -0.39 is 0 Å². The number of hydrogen-bond acceptors (Lipinski definition) is 1. The zero-order valence-electron chi connectivity index (χ0n) is 15.6. The lowest BCUT2D eigenvalue weighted by Gasteiger charge is -2.12. The Balaban J connectivity index is -0.000000505. The number of carbonyl (C=O) groups excluding carboxylic acids is 1. The molecular weight excluding hydrogens is 244 g/mol. The van der Waals surface area contributed by atoms with Gasteiger partial charge in [-0.15, -0.1) is 0 Å². The summed E-state index contributed by atoms with van der Waals surface area (Å²) in [5.41, 5.74) is 0. The molecule has 0 N–H and O–H groups in total. The molecule has 0 aromatic carbocycles. The zero-order chi connectivity index (χ0) is 16.2. The molecule has 0 rings (SSSR count). The molecule has 0 aliphatic rings. The van der Waals surface area contributed by atoms with Crippen molar-refractivity contribution < 1.29 is 4.79 Å². The predicted octanol–water partition coefficient (Wildman–Crippen LogP) is 7.18. The lowest BCUT2D eigenvalue weighted by atomic mass is 9.92. The van der Waals surface area contributed by atoms with E-state index in [4.69, 9.17) is 0 Å². The summed E-state index contributed by atoms with van der Waals surface area (Å²) in [6.45, 7) is 14.4. The van der Waals surface area contributed by atoms with Gasteiger partial charge in [-0.2, -0.15) is 0 Å². The summed E-state index contributed by atoms with van der Waals surface area (Å²) in [4.78, 5) is 11.4. The molecule has 0 heterocycles. The van der Waals surface area contributed by atoms with E-state index in [1.807, 2.05) is 13.8 Å². The van der Waals surface area contributed by atoms with Crippen molar-refractivity contribution in [3.63, 3.8) is 0 Å². The first kappa shape index (κ1) is 24.7. The van der Waals surface area contributed by atoms with Crippen LogP contribution < -0.4 is 0 Å². The highest BCUT2D eigenvalue weighted by atomic mass is 16.1. The Morgan fingerprint density at radius 1 is 0.750 bits per heavy atom. The van der Waals surface area contributed by atoms with Crippen LogP contribution in [0.2, 0.25) is 0 Å². The molecular formula is C19H42O. The summed E-state index contributed by atoms with van der Waals surface area (Å²) in [5, 5.41) is 0. The maximum atomic E-state index is 11.4. The first-order valence-corrected chi connectivity index (χ1v) is 9.14. The van der Waals surface area contributed by atoms with Gasteiger partial charge in [0.15, 0.2) is 0 Å². The lowest BCUT2D eigenvalue weighted by molar-refractivity contribution is -0.121. The first-order valence-electron chi connectivity index (χ1n) is 9.14. The van der Waals surface area contributed by atoms with Gasteiger partial charge in [0.1, 0.15) is 5.78 Å². The molecule has 1 nitrogen and oxygen atoms in total. The van der Waals surface area contributed by atoms with E-state index in [-0.39, 0.29) is 0 Å². The van der Waals surface area contributed by atoms with Crippen molar-refractivity contribution in [3.8, 4) is 0 Å². The number of carbonyl (C=O) groups is 1. The molecule has 1 heteroatoms. The van der Waals surface area contributed by atoms with Crippen LogP contribution in [0.3, 0.4) is 0 Å². The van der Waals surface area contributed by atoms with Crippen LogP contribution in [0.15, 0.2) is 0 Å². The monoisotopic (exact) mass is 286 g/mol. The van der Waals surface area contributed by atoms with E-state index in [0.717, 1.165) is 12.8 Å². The molecule has 20 heavy (non-hydrogen) atoms. The van der Waals surface area contributed by atoms with Crippen molar-refractivity contribution in [2.24, 2.45) is 5.92 Å². The minimum Gasteiger partial charge on any atom is -0.300 e. The van der Waals surface area contributed by atoms with Gasteiger partial charge in [-0.05, 0) is 19.8 Å². The van der Waals surface area contributed by atoms with Crippen LogP contribution >= 0.6 is 0 Å². The molecule has 0 fully saturated rings. The maximum Gasteiger partial charge on any atom is 0.132 e. The molecule has 0 aromatic rings. The average Bonchev–Trinajstić information content (AvgIpc) is 2.44. The summed E-state index contributed by atoms with van der Waals surface area (Å²) < 4.78 is 0. The number of unbranched alkanes of at least 4 members (excludes halogenated alkanes) is 5. The third-order valence-corrected chi connectivity index (χ3v) is 3.14. The highest BCUT2D eigenvalue weighted by Gasteiger charge is 2.12. The highest BCUT2D eigenvalue weighted by molar-refractivity contribution is 5.78. The van der Waals surface area contributed by atoms with Crippen LogP contribution in [0.25, 0.3) is 0 Å². The van der Waals surface area contributed by atoms with Crippen molar-refractivity contribution in [2.45, 2.75) is 113 Å². The molecule has 0 amide bonds. The van der Waals surface area contributed by atoms with E-state index >= 15 is 0 Å². The Bertz CT molecular complexity index is 163. The molecule has 0 radical (unpaired) electrons. The fourth-order valence-corrected chi connectivity index (χ4v) is 2.00. The van der Waals surface area contributed by atoms with E-state index in [1.54, 1.807) is 6.92 Å². The normalized spacial score (nSPS) is 10.8. The second-order valence-corrected chi connectivity index (χ2v) is 5.36. The van der Waals surface area contributed by atoms with Crippen LogP contribution in [-0.4, -0.2) is 5.78 Å². The summed E-state index contributed by atoms with van der Waals surface area (Å²) in [5.74, 6) is 0.755. The molecule has 0 saturated carbocycles. The third kappa shape index (κ3) is 22.8. The topological polar surface area (TPSA) is 17.1 Å². The van der Waals surface area contributed by atoms with Gasteiger partial charge in [0.2, 0.25) is 0 Å².